The average molecular weight is 164 g/mol. The van der Waals surface area contributed by atoms with Gasteiger partial charge in [0.2, 0.25) is 0 Å². The summed E-state index contributed by atoms with van der Waals surface area (Å²) in [6, 6.07) is 0. The maximum atomic E-state index is 4.28. The zero-order valence-electron chi connectivity index (χ0n) is 6.01. The lowest BCUT2D eigenvalue weighted by Crippen LogP contribution is -1.90. The predicted molar refractivity (Wildman–Crippen MR) is 50.8 cm³/mol. The van der Waals surface area contributed by atoms with E-state index >= 15 is 0 Å². The highest BCUT2D eigenvalue weighted by Crippen LogP contribution is 2.07. The molecule has 0 amide bonds. The van der Waals surface area contributed by atoms with Gasteiger partial charge in [0, 0.05) is 0 Å². The Morgan fingerprint density at radius 2 is 1.89 bits per heavy atom. The number of thiol groups is 2. The van der Waals surface area contributed by atoms with E-state index in [1.54, 1.807) is 0 Å². The van der Waals surface area contributed by atoms with E-state index in [1.165, 1.54) is 25.7 Å². The molecule has 2 heteroatoms. The molecule has 0 rings (SSSR count). The lowest BCUT2D eigenvalue weighted by atomic mass is 10.2. The van der Waals surface area contributed by atoms with Crippen LogP contribution in [0.3, 0.4) is 0 Å². The zero-order chi connectivity index (χ0) is 7.11. The molecule has 0 spiro atoms. The first-order chi connectivity index (χ1) is 4.27. The minimum absolute atomic E-state index is 0.574. The molecule has 0 heterocycles. The van der Waals surface area contributed by atoms with Crippen LogP contribution in [0.25, 0.3) is 0 Å². The van der Waals surface area contributed by atoms with E-state index in [2.05, 4.69) is 32.2 Å². The summed E-state index contributed by atoms with van der Waals surface area (Å²) in [6.45, 7) is 2.14. The van der Waals surface area contributed by atoms with Crippen LogP contribution in [-0.2, 0) is 0 Å². The molecule has 0 aliphatic carbocycles. The molecule has 0 N–H and O–H groups in total. The third-order valence-corrected chi connectivity index (χ3v) is 1.85. The first-order valence-electron chi connectivity index (χ1n) is 3.56. The van der Waals surface area contributed by atoms with Gasteiger partial charge in [-0.25, -0.2) is 0 Å². The van der Waals surface area contributed by atoms with Crippen molar-refractivity contribution in [1.29, 1.82) is 0 Å². The largest absolute Gasteiger partial charge is 0.179 e. The molecule has 0 bridgehead atoms. The van der Waals surface area contributed by atoms with Crippen molar-refractivity contribution in [3.63, 3.8) is 0 Å². The van der Waals surface area contributed by atoms with Crippen LogP contribution in [0.15, 0.2) is 0 Å². The normalized spacial score (nSPS) is 13.7. The van der Waals surface area contributed by atoms with Crippen LogP contribution in [0, 0.1) is 0 Å². The van der Waals surface area contributed by atoms with E-state index in [1.807, 2.05) is 0 Å². The highest BCUT2D eigenvalue weighted by Gasteiger charge is 1.92. The Kier molecular flexibility index (Phi) is 7.34. The van der Waals surface area contributed by atoms with Crippen molar-refractivity contribution in [3.05, 3.63) is 0 Å². The standard InChI is InChI=1S/C7H16S2/c1-7(9)5-3-2-4-6-8/h7-9H,2-6H2,1H3. The molecule has 0 saturated heterocycles. The van der Waals surface area contributed by atoms with Crippen molar-refractivity contribution in [3.8, 4) is 0 Å². The first-order valence-corrected chi connectivity index (χ1v) is 4.71. The average Bonchev–Trinajstić information content (AvgIpc) is 1.80. The Bertz CT molecular complexity index is 52.9. The Morgan fingerprint density at radius 1 is 1.22 bits per heavy atom. The summed E-state index contributed by atoms with van der Waals surface area (Å²) < 4.78 is 0. The Morgan fingerprint density at radius 3 is 2.33 bits per heavy atom. The molecule has 0 nitrogen and oxygen atoms in total. The fourth-order valence-corrected chi connectivity index (χ4v) is 1.13. The summed E-state index contributed by atoms with van der Waals surface area (Å²) in [5.41, 5.74) is 0. The van der Waals surface area contributed by atoms with E-state index in [0.29, 0.717) is 5.25 Å². The second-order valence-corrected chi connectivity index (χ2v) is 3.75. The van der Waals surface area contributed by atoms with Crippen LogP contribution in [0.2, 0.25) is 0 Å². The van der Waals surface area contributed by atoms with Crippen LogP contribution < -0.4 is 0 Å². The van der Waals surface area contributed by atoms with Gasteiger partial charge in [-0.05, 0) is 23.8 Å². The summed E-state index contributed by atoms with van der Waals surface area (Å²) in [6.07, 6.45) is 5.13. The number of rotatable bonds is 5. The molecule has 1 unspecified atom stereocenters. The molecular weight excluding hydrogens is 148 g/mol. The van der Waals surface area contributed by atoms with Gasteiger partial charge >= 0.3 is 0 Å². The second-order valence-electron chi connectivity index (χ2n) is 2.42. The lowest BCUT2D eigenvalue weighted by Gasteiger charge is -2.01. The second kappa shape index (κ2) is 6.81. The van der Waals surface area contributed by atoms with Crippen LogP contribution >= 0.6 is 25.3 Å². The fourth-order valence-electron chi connectivity index (χ4n) is 0.728. The van der Waals surface area contributed by atoms with Gasteiger partial charge in [0.15, 0.2) is 0 Å². The third-order valence-electron chi connectivity index (χ3n) is 1.28. The molecule has 0 aromatic rings. The minimum atomic E-state index is 0.574. The number of unbranched alkanes of at least 4 members (excludes halogenated alkanes) is 2. The summed E-state index contributed by atoms with van der Waals surface area (Å²) in [7, 11) is 0. The van der Waals surface area contributed by atoms with Crippen molar-refractivity contribution in [1.82, 2.24) is 0 Å². The monoisotopic (exact) mass is 164 g/mol. The Hall–Kier alpha value is 0.700. The zero-order valence-corrected chi connectivity index (χ0v) is 7.80. The molecule has 0 aliphatic heterocycles. The molecular formula is C7H16S2. The summed E-state index contributed by atoms with van der Waals surface area (Å²) in [4.78, 5) is 0. The predicted octanol–water partition coefficient (Wildman–Crippen LogP) is 2.79. The molecule has 56 valence electrons. The quantitative estimate of drug-likeness (QED) is 0.453. The SMILES string of the molecule is CC(S)CCCCCS. The van der Waals surface area contributed by atoms with Crippen LogP contribution in [0.1, 0.15) is 32.6 Å². The van der Waals surface area contributed by atoms with Gasteiger partial charge in [-0.15, -0.1) is 0 Å². The molecule has 9 heavy (non-hydrogen) atoms. The molecule has 0 saturated carbocycles. The smallest absolute Gasteiger partial charge is 0.00116 e. The number of hydrogen-bond acceptors (Lipinski definition) is 2. The molecule has 0 fully saturated rings. The van der Waals surface area contributed by atoms with Crippen LogP contribution in [0.4, 0.5) is 0 Å². The van der Waals surface area contributed by atoms with Crippen LogP contribution in [0.5, 0.6) is 0 Å². The van der Waals surface area contributed by atoms with Gasteiger partial charge in [-0.3, -0.25) is 0 Å². The van der Waals surface area contributed by atoms with E-state index in [0.717, 1.165) is 5.75 Å². The summed E-state index contributed by atoms with van der Waals surface area (Å²) in [5.74, 6) is 1.03. The molecule has 0 aromatic carbocycles. The van der Waals surface area contributed by atoms with E-state index in [-0.39, 0.29) is 0 Å². The minimum Gasteiger partial charge on any atom is -0.179 e. The van der Waals surface area contributed by atoms with Gasteiger partial charge in [-0.2, -0.15) is 25.3 Å². The molecule has 1 atom stereocenters. The molecule has 0 aliphatic rings. The fraction of sp³-hybridized carbons (Fsp3) is 1.00. The molecule has 0 radical (unpaired) electrons. The van der Waals surface area contributed by atoms with E-state index in [4.69, 9.17) is 0 Å². The van der Waals surface area contributed by atoms with Gasteiger partial charge in [0.1, 0.15) is 0 Å². The van der Waals surface area contributed by atoms with Crippen molar-refractivity contribution in [2.75, 3.05) is 5.75 Å². The Balaban J connectivity index is 2.75. The van der Waals surface area contributed by atoms with Gasteiger partial charge in [0.05, 0.1) is 0 Å². The topological polar surface area (TPSA) is 0 Å². The van der Waals surface area contributed by atoms with Crippen molar-refractivity contribution < 1.29 is 0 Å². The highest BCUT2D eigenvalue weighted by molar-refractivity contribution is 7.80. The first kappa shape index (κ1) is 9.70. The van der Waals surface area contributed by atoms with Crippen LogP contribution in [-0.4, -0.2) is 11.0 Å². The van der Waals surface area contributed by atoms with E-state index in [9.17, 15) is 0 Å². The van der Waals surface area contributed by atoms with Crippen molar-refractivity contribution in [2.24, 2.45) is 0 Å². The van der Waals surface area contributed by atoms with E-state index < -0.39 is 0 Å². The highest BCUT2D eigenvalue weighted by atomic mass is 32.1. The van der Waals surface area contributed by atoms with Crippen molar-refractivity contribution >= 4 is 25.3 Å². The lowest BCUT2D eigenvalue weighted by molar-refractivity contribution is 0.670. The summed E-state index contributed by atoms with van der Waals surface area (Å²) >= 11 is 8.41. The Labute approximate surface area is 69.2 Å². The van der Waals surface area contributed by atoms with Gasteiger partial charge in [-0.1, -0.05) is 19.8 Å². The van der Waals surface area contributed by atoms with Crippen molar-refractivity contribution in [2.45, 2.75) is 37.9 Å². The maximum Gasteiger partial charge on any atom is -0.00116 e. The number of hydrogen-bond donors (Lipinski definition) is 2. The third kappa shape index (κ3) is 8.70. The van der Waals surface area contributed by atoms with Gasteiger partial charge in [0.25, 0.3) is 0 Å². The van der Waals surface area contributed by atoms with Gasteiger partial charge < -0.3 is 0 Å². The maximum absolute atomic E-state index is 4.28. The summed E-state index contributed by atoms with van der Waals surface area (Å²) in [5, 5.41) is 0.574. The molecule has 0 aromatic heterocycles.